The minimum absolute atomic E-state index is 0.352. The molecule has 1 aromatic carbocycles. The lowest BCUT2D eigenvalue weighted by Gasteiger charge is -2.11. The van der Waals surface area contributed by atoms with E-state index < -0.39 is 0 Å². The predicted molar refractivity (Wildman–Crippen MR) is 79.3 cm³/mol. The Labute approximate surface area is 124 Å². The van der Waals surface area contributed by atoms with Crippen molar-refractivity contribution in [2.24, 2.45) is 5.16 Å². The van der Waals surface area contributed by atoms with Gasteiger partial charge in [0.1, 0.15) is 17.2 Å². The lowest BCUT2D eigenvalue weighted by atomic mass is 10.2. The summed E-state index contributed by atoms with van der Waals surface area (Å²) >= 11 is 0. The fraction of sp³-hybridized carbons (Fsp3) is 0.467. The summed E-state index contributed by atoms with van der Waals surface area (Å²) in [5, 5.41) is 3.69. The molecule has 0 atom stereocenters. The molecule has 0 spiro atoms. The second-order valence-electron chi connectivity index (χ2n) is 4.25. The van der Waals surface area contributed by atoms with Gasteiger partial charge in [-0.3, -0.25) is 0 Å². The average molecular weight is 295 g/mol. The van der Waals surface area contributed by atoms with Crippen molar-refractivity contribution in [3.8, 4) is 17.2 Å². The van der Waals surface area contributed by atoms with Gasteiger partial charge in [-0.15, -0.1) is 0 Å². The molecule has 6 heteroatoms. The molecule has 0 aliphatic rings. The molecule has 0 aliphatic carbocycles. The van der Waals surface area contributed by atoms with Gasteiger partial charge in [0.15, 0.2) is 0 Å². The fourth-order valence-corrected chi connectivity index (χ4v) is 1.66. The predicted octanol–water partition coefficient (Wildman–Crippen LogP) is 2.78. The first-order chi connectivity index (χ1) is 10.2. The summed E-state index contributed by atoms with van der Waals surface area (Å²) in [6.45, 7) is 2.00. The van der Waals surface area contributed by atoms with Crippen molar-refractivity contribution >= 4 is 12.2 Å². The molecule has 0 saturated heterocycles. The normalized spacial score (nSPS) is 10.5. The van der Waals surface area contributed by atoms with Crippen LogP contribution < -0.4 is 14.2 Å². The number of methoxy groups -OCH3 is 3. The highest BCUT2D eigenvalue weighted by Gasteiger charge is 2.12. The molecule has 0 N–H and O–H groups in total. The number of carbonyl (C=O) groups excluding carboxylic acids is 1. The number of rotatable bonds is 8. The van der Waals surface area contributed by atoms with E-state index >= 15 is 0 Å². The van der Waals surface area contributed by atoms with Crippen LogP contribution in [0.15, 0.2) is 17.3 Å². The van der Waals surface area contributed by atoms with Gasteiger partial charge < -0.3 is 19.0 Å². The van der Waals surface area contributed by atoms with Crippen molar-refractivity contribution in [1.29, 1.82) is 0 Å². The number of carbonyl (C=O) groups is 1. The zero-order chi connectivity index (χ0) is 15.7. The Morgan fingerprint density at radius 3 is 2.24 bits per heavy atom. The maximum atomic E-state index is 11.4. The molecule has 0 aromatic heterocycles. The first-order valence-corrected chi connectivity index (χ1v) is 6.69. The van der Waals surface area contributed by atoms with E-state index in [4.69, 9.17) is 19.0 Å². The molecule has 1 aromatic rings. The van der Waals surface area contributed by atoms with Crippen LogP contribution >= 0.6 is 0 Å². The topological polar surface area (TPSA) is 66.4 Å². The number of nitrogens with zero attached hydrogens (tertiary/aromatic N) is 1. The maximum absolute atomic E-state index is 11.4. The molecule has 6 nitrogen and oxygen atoms in total. The van der Waals surface area contributed by atoms with Crippen molar-refractivity contribution in [3.63, 3.8) is 0 Å². The third kappa shape index (κ3) is 4.98. The molecule has 116 valence electrons. The van der Waals surface area contributed by atoms with Gasteiger partial charge in [-0.2, -0.15) is 0 Å². The van der Waals surface area contributed by atoms with Crippen molar-refractivity contribution in [3.05, 3.63) is 17.7 Å². The highest BCUT2D eigenvalue weighted by molar-refractivity contribution is 5.88. The molecule has 21 heavy (non-hydrogen) atoms. The zero-order valence-electron chi connectivity index (χ0n) is 12.8. The second kappa shape index (κ2) is 8.84. The van der Waals surface area contributed by atoms with Gasteiger partial charge in [-0.1, -0.05) is 18.5 Å². The molecule has 0 bridgehead atoms. The Hall–Kier alpha value is -2.24. The van der Waals surface area contributed by atoms with Gasteiger partial charge in [0.25, 0.3) is 0 Å². The van der Waals surface area contributed by atoms with Crippen LogP contribution in [0.4, 0.5) is 0 Å². The van der Waals surface area contributed by atoms with E-state index in [0.29, 0.717) is 29.2 Å². The van der Waals surface area contributed by atoms with E-state index in [1.807, 2.05) is 6.92 Å². The van der Waals surface area contributed by atoms with Crippen molar-refractivity contribution in [2.45, 2.75) is 26.2 Å². The summed E-state index contributed by atoms with van der Waals surface area (Å²) in [5.74, 6) is 1.26. The van der Waals surface area contributed by atoms with Gasteiger partial charge in [0, 0.05) is 18.6 Å². The first kappa shape index (κ1) is 16.8. The van der Waals surface area contributed by atoms with Gasteiger partial charge in [0.2, 0.25) is 0 Å². The van der Waals surface area contributed by atoms with Crippen molar-refractivity contribution in [1.82, 2.24) is 0 Å². The Morgan fingerprint density at radius 1 is 1.14 bits per heavy atom. The SMILES string of the molecule is CCCCC(=O)O/N=C/c1c(OC)cc(OC)cc1OC. The number of oxime groups is 1. The number of unbranched alkanes of at least 4 members (excludes halogenated alkanes) is 1. The van der Waals surface area contributed by atoms with Crippen molar-refractivity contribution in [2.75, 3.05) is 21.3 Å². The summed E-state index contributed by atoms with van der Waals surface area (Å²) in [5.41, 5.74) is 0.573. The third-order valence-electron chi connectivity index (χ3n) is 2.82. The Bertz CT molecular complexity index is 474. The quantitative estimate of drug-likeness (QED) is 0.419. The fourth-order valence-electron chi connectivity index (χ4n) is 1.66. The summed E-state index contributed by atoms with van der Waals surface area (Å²) in [6, 6.07) is 3.39. The van der Waals surface area contributed by atoms with Gasteiger partial charge >= 0.3 is 5.97 Å². The molecule has 0 amide bonds. The van der Waals surface area contributed by atoms with Crippen LogP contribution in [0.5, 0.6) is 17.2 Å². The number of hydrogen-bond donors (Lipinski definition) is 0. The summed E-state index contributed by atoms with van der Waals surface area (Å²) < 4.78 is 15.7. The van der Waals surface area contributed by atoms with E-state index in [-0.39, 0.29) is 5.97 Å². The van der Waals surface area contributed by atoms with E-state index in [1.54, 1.807) is 19.2 Å². The third-order valence-corrected chi connectivity index (χ3v) is 2.82. The van der Waals surface area contributed by atoms with Crippen LogP contribution in [0.25, 0.3) is 0 Å². The van der Waals surface area contributed by atoms with Crippen LogP contribution in [-0.4, -0.2) is 33.5 Å². The minimum Gasteiger partial charge on any atom is -0.496 e. The lowest BCUT2D eigenvalue weighted by Crippen LogP contribution is -2.01. The molecule has 0 fully saturated rings. The maximum Gasteiger partial charge on any atom is 0.335 e. The van der Waals surface area contributed by atoms with Crippen LogP contribution in [-0.2, 0) is 9.63 Å². The summed E-state index contributed by atoms with van der Waals surface area (Å²) in [6.07, 6.45) is 3.45. The van der Waals surface area contributed by atoms with Crippen LogP contribution in [0.1, 0.15) is 31.7 Å². The summed E-state index contributed by atoms with van der Waals surface area (Å²) in [7, 11) is 4.61. The van der Waals surface area contributed by atoms with Crippen LogP contribution in [0.2, 0.25) is 0 Å². The summed E-state index contributed by atoms with van der Waals surface area (Å²) in [4.78, 5) is 16.2. The van der Waals surface area contributed by atoms with E-state index in [9.17, 15) is 4.79 Å². The van der Waals surface area contributed by atoms with Gasteiger partial charge in [-0.25, -0.2) is 4.79 Å². The smallest absolute Gasteiger partial charge is 0.335 e. The van der Waals surface area contributed by atoms with Gasteiger partial charge in [-0.05, 0) is 6.42 Å². The molecule has 0 heterocycles. The zero-order valence-corrected chi connectivity index (χ0v) is 12.8. The van der Waals surface area contributed by atoms with Crippen LogP contribution in [0, 0.1) is 0 Å². The Balaban J connectivity index is 2.88. The number of benzene rings is 1. The van der Waals surface area contributed by atoms with Crippen molar-refractivity contribution < 1.29 is 23.8 Å². The molecular formula is C15H21NO5. The number of ether oxygens (including phenoxy) is 3. The Morgan fingerprint density at radius 2 is 1.76 bits per heavy atom. The number of hydrogen-bond acceptors (Lipinski definition) is 6. The van der Waals surface area contributed by atoms with Gasteiger partial charge in [0.05, 0.1) is 33.1 Å². The second-order valence-corrected chi connectivity index (χ2v) is 4.25. The molecule has 0 unspecified atom stereocenters. The lowest BCUT2D eigenvalue weighted by molar-refractivity contribution is -0.143. The molecular weight excluding hydrogens is 274 g/mol. The van der Waals surface area contributed by atoms with E-state index in [1.165, 1.54) is 20.4 Å². The standard InChI is InChI=1S/C15H21NO5/c1-5-6-7-15(17)21-16-10-12-13(19-3)8-11(18-2)9-14(12)20-4/h8-10H,5-7H2,1-4H3/b16-10+. The Kier molecular flexibility index (Phi) is 7.08. The first-order valence-electron chi connectivity index (χ1n) is 6.69. The largest absolute Gasteiger partial charge is 0.496 e. The highest BCUT2D eigenvalue weighted by Crippen LogP contribution is 2.32. The highest BCUT2D eigenvalue weighted by atomic mass is 16.7. The molecule has 0 aliphatic heterocycles. The molecule has 1 rings (SSSR count). The monoisotopic (exact) mass is 295 g/mol. The average Bonchev–Trinajstić information content (AvgIpc) is 2.52. The van der Waals surface area contributed by atoms with E-state index in [0.717, 1.165) is 12.8 Å². The molecule has 0 saturated carbocycles. The van der Waals surface area contributed by atoms with E-state index in [2.05, 4.69) is 5.16 Å². The van der Waals surface area contributed by atoms with Crippen LogP contribution in [0.3, 0.4) is 0 Å². The minimum atomic E-state index is -0.362. The molecule has 0 radical (unpaired) electrons.